The number of hydrogen-bond donors (Lipinski definition) is 2. The number of aromatic nitrogens is 2. The molecule has 0 saturated heterocycles. The summed E-state index contributed by atoms with van der Waals surface area (Å²) < 4.78 is 28.5. The number of rotatable bonds is 6. The maximum absolute atomic E-state index is 13.4. The predicted molar refractivity (Wildman–Crippen MR) is 109 cm³/mol. The summed E-state index contributed by atoms with van der Waals surface area (Å²) in [5, 5.41) is 9.48. The number of nitriles is 1. The third-order valence-electron chi connectivity index (χ3n) is 5.01. The normalized spacial score (nSPS) is 16.1. The van der Waals surface area contributed by atoms with Gasteiger partial charge in [0.25, 0.3) is 5.92 Å². The number of hydrogen-bond acceptors (Lipinski definition) is 5. The molecule has 148 valence electrons. The van der Waals surface area contributed by atoms with Crippen LogP contribution in [0.15, 0.2) is 28.8 Å². The van der Waals surface area contributed by atoms with Crippen LogP contribution in [0.1, 0.15) is 37.9 Å². The topological polar surface area (TPSA) is 93.7 Å². The largest absolute Gasteiger partial charge is 0.397 e. The number of alkyl halides is 2. The van der Waals surface area contributed by atoms with Gasteiger partial charge in [-0.2, -0.15) is 5.26 Å². The van der Waals surface area contributed by atoms with E-state index < -0.39 is 11.6 Å². The van der Waals surface area contributed by atoms with Gasteiger partial charge < -0.3 is 16.0 Å². The molecule has 0 bridgehead atoms. The lowest BCUT2D eigenvalue weighted by atomic mass is 9.96. The number of anilines is 1. The van der Waals surface area contributed by atoms with E-state index in [0.29, 0.717) is 5.82 Å². The van der Waals surface area contributed by atoms with Crippen molar-refractivity contribution in [2.75, 3.05) is 11.5 Å². The van der Waals surface area contributed by atoms with Crippen molar-refractivity contribution in [2.24, 2.45) is 12.8 Å². The van der Waals surface area contributed by atoms with Crippen molar-refractivity contribution >= 4 is 23.7 Å². The maximum atomic E-state index is 13.4. The van der Waals surface area contributed by atoms with E-state index >= 15 is 0 Å². The van der Waals surface area contributed by atoms with E-state index in [2.05, 4.69) is 11.1 Å². The van der Waals surface area contributed by atoms with E-state index in [1.54, 1.807) is 23.4 Å². The smallest absolute Gasteiger partial charge is 0.284 e. The molecule has 1 aromatic heterocycles. The molecule has 0 amide bonds. The molecule has 0 radical (unpaired) electrons. The molecule has 4 N–H and O–H groups in total. The van der Waals surface area contributed by atoms with E-state index in [9.17, 15) is 14.0 Å². The number of nitrogens with two attached hydrogens (primary N) is 2. The summed E-state index contributed by atoms with van der Waals surface area (Å²) in [6.45, 7) is 2.78. The van der Waals surface area contributed by atoms with Crippen LogP contribution in [-0.2, 0) is 12.5 Å². The Morgan fingerprint density at radius 2 is 2.14 bits per heavy atom. The quantitative estimate of drug-likeness (QED) is 0.702. The van der Waals surface area contributed by atoms with Crippen LogP contribution in [0.4, 0.5) is 14.6 Å². The van der Waals surface area contributed by atoms with Crippen LogP contribution < -0.4 is 11.5 Å². The minimum atomic E-state index is -3.15. The molecular formula is C20H23F2N5S. The summed E-state index contributed by atoms with van der Waals surface area (Å²) in [7, 11) is 1.74. The molecule has 2 aromatic rings. The summed E-state index contributed by atoms with van der Waals surface area (Å²) in [4.78, 5) is 5.46. The number of halogens is 2. The fraction of sp³-hybridized carbons (Fsp3) is 0.400. The zero-order valence-electron chi connectivity index (χ0n) is 16.1. The summed E-state index contributed by atoms with van der Waals surface area (Å²) in [6.07, 6.45) is 2.86. The molecule has 0 aliphatic heterocycles. The molecule has 1 heterocycles. The van der Waals surface area contributed by atoms with Gasteiger partial charge in [0, 0.05) is 24.4 Å². The Hall–Kier alpha value is -2.53. The van der Waals surface area contributed by atoms with Crippen molar-refractivity contribution in [3.8, 4) is 17.5 Å². The number of allylic oxidation sites excluding steroid dienone is 1. The number of nitrogen functional groups attached to an aromatic ring is 1. The van der Waals surface area contributed by atoms with Crippen molar-refractivity contribution in [3.63, 3.8) is 0 Å². The van der Waals surface area contributed by atoms with E-state index in [4.69, 9.17) is 11.5 Å². The van der Waals surface area contributed by atoms with Gasteiger partial charge in [-0.15, -0.1) is 11.8 Å². The first kappa shape index (κ1) is 20.2. The molecule has 28 heavy (non-hydrogen) atoms. The van der Waals surface area contributed by atoms with E-state index in [0.717, 1.165) is 47.6 Å². The highest BCUT2D eigenvalue weighted by Gasteiger charge is 2.45. The molecule has 5 nitrogen and oxygen atoms in total. The number of benzene rings is 1. The van der Waals surface area contributed by atoms with Gasteiger partial charge in [0.1, 0.15) is 17.3 Å². The first-order chi connectivity index (χ1) is 13.1. The van der Waals surface area contributed by atoms with Gasteiger partial charge >= 0.3 is 0 Å². The first-order valence-corrected chi connectivity index (χ1v) is 9.98. The van der Waals surface area contributed by atoms with Crippen LogP contribution in [-0.4, -0.2) is 21.2 Å². The molecule has 8 heteroatoms. The van der Waals surface area contributed by atoms with Crippen LogP contribution in [0.25, 0.3) is 17.5 Å². The fourth-order valence-corrected chi connectivity index (χ4v) is 3.86. The molecule has 1 aliphatic rings. The second kappa shape index (κ2) is 7.13. The average Bonchev–Trinajstić information content (AvgIpc) is 3.40. The SMILES string of the molecule is CCSc1cc(C2(C#N)CC2)ccc1-c1nc(/C=C(\N)C(C)(F)F)c(N)n1C. The molecule has 0 atom stereocenters. The van der Waals surface area contributed by atoms with Crippen molar-refractivity contribution in [3.05, 3.63) is 35.2 Å². The third-order valence-corrected chi connectivity index (χ3v) is 5.94. The van der Waals surface area contributed by atoms with Crippen molar-refractivity contribution < 1.29 is 8.78 Å². The van der Waals surface area contributed by atoms with Gasteiger partial charge in [-0.1, -0.05) is 13.0 Å². The molecule has 0 spiro atoms. The highest BCUT2D eigenvalue weighted by molar-refractivity contribution is 7.99. The van der Waals surface area contributed by atoms with Gasteiger partial charge in [0.05, 0.1) is 17.2 Å². The minimum Gasteiger partial charge on any atom is -0.397 e. The molecule has 1 saturated carbocycles. The molecular weight excluding hydrogens is 380 g/mol. The fourth-order valence-electron chi connectivity index (χ4n) is 3.02. The highest BCUT2D eigenvalue weighted by Crippen LogP contribution is 2.49. The summed E-state index contributed by atoms with van der Waals surface area (Å²) in [6, 6.07) is 8.32. The number of imidazole rings is 1. The molecule has 1 fully saturated rings. The van der Waals surface area contributed by atoms with Crippen LogP contribution >= 0.6 is 11.8 Å². The Balaban J connectivity index is 2.09. The highest BCUT2D eigenvalue weighted by atomic mass is 32.2. The van der Waals surface area contributed by atoms with Crippen LogP contribution in [0, 0.1) is 11.3 Å². The lowest BCUT2D eigenvalue weighted by Gasteiger charge is -2.13. The summed E-state index contributed by atoms with van der Waals surface area (Å²) in [5.41, 5.74) is 12.7. The van der Waals surface area contributed by atoms with E-state index in [1.807, 2.05) is 25.1 Å². The van der Waals surface area contributed by atoms with Crippen LogP contribution in [0.5, 0.6) is 0 Å². The average molecular weight is 404 g/mol. The number of thioether (sulfide) groups is 1. The first-order valence-electron chi connectivity index (χ1n) is 8.99. The van der Waals surface area contributed by atoms with Crippen LogP contribution in [0.2, 0.25) is 0 Å². The number of nitrogens with zero attached hydrogens (tertiary/aromatic N) is 3. The van der Waals surface area contributed by atoms with Crippen molar-refractivity contribution in [1.29, 1.82) is 5.26 Å². The van der Waals surface area contributed by atoms with Gasteiger partial charge in [0.2, 0.25) is 0 Å². The Labute approximate surface area is 167 Å². The van der Waals surface area contributed by atoms with Crippen molar-refractivity contribution in [1.82, 2.24) is 9.55 Å². The summed E-state index contributed by atoms with van der Waals surface area (Å²) >= 11 is 1.64. The second-order valence-electron chi connectivity index (χ2n) is 7.09. The minimum absolute atomic E-state index is 0.212. The molecule has 1 aromatic carbocycles. The Kier molecular flexibility index (Phi) is 5.15. The van der Waals surface area contributed by atoms with E-state index in [-0.39, 0.29) is 16.9 Å². The second-order valence-corrected chi connectivity index (χ2v) is 8.40. The zero-order chi connectivity index (χ0) is 20.7. The van der Waals surface area contributed by atoms with Crippen LogP contribution in [0.3, 0.4) is 0 Å². The predicted octanol–water partition coefficient (Wildman–Crippen LogP) is 4.29. The third kappa shape index (κ3) is 3.59. The van der Waals surface area contributed by atoms with Gasteiger partial charge in [-0.3, -0.25) is 0 Å². The van der Waals surface area contributed by atoms with Gasteiger partial charge in [-0.25, -0.2) is 13.8 Å². The molecule has 3 rings (SSSR count). The standard InChI is InChI=1S/C20H23F2N5S/c1-4-28-15-9-12(20(11-23)7-8-20)5-6-13(15)18-26-14(17(25)27(18)3)10-16(24)19(2,21)22/h5-6,9-10H,4,7-8,24-25H2,1-3H3/b16-10-. The Bertz CT molecular complexity index is 978. The monoisotopic (exact) mass is 403 g/mol. The van der Waals surface area contributed by atoms with Gasteiger partial charge in [0.15, 0.2) is 0 Å². The van der Waals surface area contributed by atoms with Crippen molar-refractivity contribution in [2.45, 2.75) is 42.9 Å². The van der Waals surface area contributed by atoms with E-state index in [1.165, 1.54) is 0 Å². The van der Waals surface area contributed by atoms with Gasteiger partial charge in [-0.05, 0) is 42.4 Å². The lowest BCUT2D eigenvalue weighted by Crippen LogP contribution is -2.20. The Morgan fingerprint density at radius 1 is 1.46 bits per heavy atom. The summed E-state index contributed by atoms with van der Waals surface area (Å²) in [5.74, 6) is -1.47. The lowest BCUT2D eigenvalue weighted by molar-refractivity contribution is 0.0630. The molecule has 0 unspecified atom stereocenters. The molecule has 1 aliphatic carbocycles. The Morgan fingerprint density at radius 3 is 2.68 bits per heavy atom. The zero-order valence-corrected chi connectivity index (χ0v) is 16.9. The maximum Gasteiger partial charge on any atom is 0.284 e.